The number of rotatable bonds is 6. The fourth-order valence-electron chi connectivity index (χ4n) is 5.79. The van der Waals surface area contributed by atoms with Crippen molar-refractivity contribution in [2.45, 2.75) is 59.0 Å². The molecule has 1 fully saturated rings. The third-order valence-electron chi connectivity index (χ3n) is 7.99. The summed E-state index contributed by atoms with van der Waals surface area (Å²) >= 11 is 0. The van der Waals surface area contributed by atoms with Gasteiger partial charge in [0.05, 0.1) is 25.9 Å². The molecule has 0 saturated carbocycles. The van der Waals surface area contributed by atoms with Gasteiger partial charge >= 0.3 is 0 Å². The summed E-state index contributed by atoms with van der Waals surface area (Å²) in [6.07, 6.45) is 6.45. The number of piperidine rings is 1. The number of alkyl halides is 2. The summed E-state index contributed by atoms with van der Waals surface area (Å²) in [5, 5.41) is 8.41. The lowest BCUT2D eigenvalue weighted by Gasteiger charge is -2.30. The molecule has 4 aromatic rings. The van der Waals surface area contributed by atoms with Crippen LogP contribution in [0, 0.1) is 0 Å². The van der Waals surface area contributed by atoms with Gasteiger partial charge in [-0.05, 0) is 38.1 Å². The molecule has 1 N–H and O–H groups in total. The predicted molar refractivity (Wildman–Crippen MR) is 158 cm³/mol. The van der Waals surface area contributed by atoms with Crippen molar-refractivity contribution in [3.8, 4) is 16.9 Å². The van der Waals surface area contributed by atoms with E-state index in [1.54, 1.807) is 52.8 Å². The SMILES string of the molecule is CC.COc1cn2ccnc2cc1-c1cnc(N(C)c2nn(C3CCNCC3)c3c2CN(C(C)=O)CC3)cc1C(F)F. The summed E-state index contributed by atoms with van der Waals surface area (Å²) < 4.78 is 38.5. The number of nitrogens with zero attached hydrogens (tertiary/aromatic N) is 7. The number of methoxy groups -OCH3 is 1. The van der Waals surface area contributed by atoms with Crippen LogP contribution in [0.2, 0.25) is 0 Å². The summed E-state index contributed by atoms with van der Waals surface area (Å²) in [5.74, 6) is 1.42. The number of imidazole rings is 1. The van der Waals surface area contributed by atoms with Gasteiger partial charge in [-0.25, -0.2) is 18.7 Å². The van der Waals surface area contributed by atoms with Crippen LogP contribution < -0.4 is 15.0 Å². The number of nitrogens with one attached hydrogen (secondary N) is 1. The Bertz CT molecular complexity index is 1560. The Labute approximate surface area is 244 Å². The van der Waals surface area contributed by atoms with E-state index in [-0.39, 0.29) is 23.1 Å². The van der Waals surface area contributed by atoms with Gasteiger partial charge in [-0.1, -0.05) is 13.8 Å². The number of carbonyl (C=O) groups is 1. The zero-order chi connectivity index (χ0) is 30.0. The molecule has 10 nitrogen and oxygen atoms in total. The number of aromatic nitrogens is 5. The Morgan fingerprint density at radius 2 is 1.93 bits per heavy atom. The predicted octanol–water partition coefficient (Wildman–Crippen LogP) is 5.16. The third-order valence-corrected chi connectivity index (χ3v) is 7.99. The molecular weight excluding hydrogens is 542 g/mol. The molecule has 12 heteroatoms. The van der Waals surface area contributed by atoms with Crippen LogP contribution in [-0.2, 0) is 17.8 Å². The maximum absolute atomic E-state index is 14.5. The van der Waals surface area contributed by atoms with Crippen LogP contribution in [0.15, 0.2) is 36.9 Å². The lowest BCUT2D eigenvalue weighted by molar-refractivity contribution is -0.129. The Morgan fingerprint density at radius 3 is 2.62 bits per heavy atom. The monoisotopic (exact) mass is 580 g/mol. The summed E-state index contributed by atoms with van der Waals surface area (Å²) in [6, 6.07) is 3.38. The van der Waals surface area contributed by atoms with Crippen LogP contribution in [0.25, 0.3) is 16.8 Å². The molecule has 1 amide bonds. The van der Waals surface area contributed by atoms with Crippen molar-refractivity contribution < 1.29 is 18.3 Å². The van der Waals surface area contributed by atoms with Crippen molar-refractivity contribution in [2.24, 2.45) is 0 Å². The van der Waals surface area contributed by atoms with E-state index in [1.165, 1.54) is 19.4 Å². The fraction of sp³-hybridized carbons (Fsp3) is 0.467. The maximum Gasteiger partial charge on any atom is 0.264 e. The molecule has 0 bridgehead atoms. The number of halogens is 2. The molecule has 0 aromatic carbocycles. The minimum atomic E-state index is -2.75. The normalized spacial score (nSPS) is 15.4. The minimum absolute atomic E-state index is 0.000254. The molecule has 0 unspecified atom stereocenters. The molecule has 0 aliphatic carbocycles. The van der Waals surface area contributed by atoms with Gasteiger partial charge in [-0.15, -0.1) is 0 Å². The van der Waals surface area contributed by atoms with Crippen molar-refractivity contribution in [1.29, 1.82) is 0 Å². The molecule has 0 spiro atoms. The number of anilines is 2. The summed E-state index contributed by atoms with van der Waals surface area (Å²) in [7, 11) is 3.29. The Morgan fingerprint density at radius 1 is 1.17 bits per heavy atom. The molecule has 224 valence electrons. The van der Waals surface area contributed by atoms with E-state index >= 15 is 0 Å². The van der Waals surface area contributed by atoms with Crippen LogP contribution in [0.4, 0.5) is 20.4 Å². The molecule has 0 atom stereocenters. The van der Waals surface area contributed by atoms with E-state index in [1.807, 2.05) is 13.8 Å². The third kappa shape index (κ3) is 5.42. The zero-order valence-electron chi connectivity index (χ0n) is 24.8. The molecule has 1 saturated heterocycles. The highest BCUT2D eigenvalue weighted by Gasteiger charge is 2.32. The number of hydrogen-bond acceptors (Lipinski definition) is 7. The van der Waals surface area contributed by atoms with Crippen LogP contribution in [0.5, 0.6) is 5.75 Å². The summed E-state index contributed by atoms with van der Waals surface area (Å²) in [6.45, 7) is 8.46. The van der Waals surface area contributed by atoms with E-state index in [9.17, 15) is 13.6 Å². The Balaban J connectivity index is 0.00000173. The van der Waals surface area contributed by atoms with Crippen molar-refractivity contribution >= 4 is 23.2 Å². The highest BCUT2D eigenvalue weighted by Crippen LogP contribution is 2.40. The van der Waals surface area contributed by atoms with E-state index in [4.69, 9.17) is 9.84 Å². The van der Waals surface area contributed by atoms with E-state index in [0.717, 1.165) is 37.2 Å². The molecule has 6 rings (SSSR count). The number of carbonyl (C=O) groups excluding carboxylic acids is 1. The second-order valence-corrected chi connectivity index (χ2v) is 10.3. The average Bonchev–Trinajstić information content (AvgIpc) is 3.65. The molecule has 0 radical (unpaired) electrons. The van der Waals surface area contributed by atoms with Gasteiger partial charge in [-0.3, -0.25) is 9.48 Å². The first-order valence-electron chi connectivity index (χ1n) is 14.4. The smallest absolute Gasteiger partial charge is 0.264 e. The van der Waals surface area contributed by atoms with Gasteiger partial charge in [0, 0.05) is 73.5 Å². The average molecular weight is 581 g/mol. The number of hydrogen-bond donors (Lipinski definition) is 1. The van der Waals surface area contributed by atoms with Gasteiger partial charge in [0.25, 0.3) is 6.43 Å². The Kier molecular flexibility index (Phi) is 8.72. The first-order valence-corrected chi connectivity index (χ1v) is 14.4. The molecule has 42 heavy (non-hydrogen) atoms. The maximum atomic E-state index is 14.5. The van der Waals surface area contributed by atoms with Crippen LogP contribution in [-0.4, -0.2) is 68.7 Å². The standard InChI is InChI=1S/C28H32F2N8O2.C2H6/c1-17(39)36-10-6-23-22(15-36)28(34-38(23)18-4-7-31-8-5-18)35(2)25-13-20(27(29)30)21(14-33-25)19-12-26-32-9-11-37(26)16-24(19)40-3;1-2/h9,11-14,16,18,27,31H,4-8,10,15H2,1-3H3;1-2H3. The van der Waals surface area contributed by atoms with E-state index in [2.05, 4.69) is 20.0 Å². The van der Waals surface area contributed by atoms with Gasteiger partial charge in [0.15, 0.2) is 5.82 Å². The molecule has 2 aliphatic rings. The van der Waals surface area contributed by atoms with E-state index in [0.29, 0.717) is 48.1 Å². The fourth-order valence-corrected chi connectivity index (χ4v) is 5.79. The quantitative estimate of drug-likeness (QED) is 0.337. The second-order valence-electron chi connectivity index (χ2n) is 10.3. The topological polar surface area (TPSA) is 92.8 Å². The second kappa shape index (κ2) is 12.4. The van der Waals surface area contributed by atoms with Crippen molar-refractivity contribution in [3.05, 3.63) is 53.7 Å². The van der Waals surface area contributed by atoms with Crippen molar-refractivity contribution in [1.82, 2.24) is 34.4 Å². The zero-order valence-corrected chi connectivity index (χ0v) is 24.8. The lowest BCUT2D eigenvalue weighted by atomic mass is 10.0. The molecule has 4 aromatic heterocycles. The first-order chi connectivity index (χ1) is 20.4. The van der Waals surface area contributed by atoms with Crippen LogP contribution >= 0.6 is 0 Å². The minimum Gasteiger partial charge on any atom is -0.495 e. The summed E-state index contributed by atoms with van der Waals surface area (Å²) in [5.41, 5.74) is 3.26. The van der Waals surface area contributed by atoms with Gasteiger partial charge in [-0.2, -0.15) is 5.10 Å². The largest absolute Gasteiger partial charge is 0.495 e. The first kappa shape index (κ1) is 29.4. The summed E-state index contributed by atoms with van der Waals surface area (Å²) in [4.78, 5) is 24.7. The van der Waals surface area contributed by atoms with Crippen LogP contribution in [0.1, 0.15) is 62.9 Å². The highest BCUT2D eigenvalue weighted by molar-refractivity contribution is 5.78. The van der Waals surface area contributed by atoms with Crippen molar-refractivity contribution in [3.63, 3.8) is 0 Å². The van der Waals surface area contributed by atoms with Crippen LogP contribution in [0.3, 0.4) is 0 Å². The van der Waals surface area contributed by atoms with Gasteiger partial charge in [0.1, 0.15) is 17.2 Å². The molecular formula is C30H38F2N8O2. The Hall–Kier alpha value is -4.06. The molecule has 6 heterocycles. The highest BCUT2D eigenvalue weighted by atomic mass is 19.3. The van der Waals surface area contributed by atoms with Gasteiger partial charge < -0.3 is 24.3 Å². The number of ether oxygens (including phenoxy) is 1. The number of pyridine rings is 2. The lowest BCUT2D eigenvalue weighted by Crippen LogP contribution is -2.36. The van der Waals surface area contributed by atoms with Gasteiger partial charge in [0.2, 0.25) is 5.91 Å². The number of fused-ring (bicyclic) bond motifs is 2. The van der Waals surface area contributed by atoms with E-state index < -0.39 is 6.43 Å². The molecule has 2 aliphatic heterocycles. The number of amides is 1. The van der Waals surface area contributed by atoms with Crippen molar-refractivity contribution in [2.75, 3.05) is 38.7 Å².